The predicted molar refractivity (Wildman–Crippen MR) is 136 cm³/mol. The van der Waals surface area contributed by atoms with E-state index in [2.05, 4.69) is 89.5 Å². The molecule has 1 heterocycles. The minimum Gasteiger partial charge on any atom is -0.497 e. The van der Waals surface area contributed by atoms with Crippen molar-refractivity contribution in [1.82, 2.24) is 9.55 Å². The number of methoxy groups -OCH3 is 1. The number of nitrogens with zero attached hydrogens (tertiary/aromatic N) is 2. The Labute approximate surface area is 194 Å². The Kier molecular flexibility index (Phi) is 5.85. The zero-order chi connectivity index (χ0) is 22.5. The third-order valence-electron chi connectivity index (χ3n) is 5.55. The Morgan fingerprint density at radius 2 is 1.21 bits per heavy atom. The Morgan fingerprint density at radius 1 is 0.636 bits per heavy atom. The number of aromatic nitrogens is 2. The summed E-state index contributed by atoms with van der Waals surface area (Å²) in [7, 11) is 1.68. The van der Waals surface area contributed by atoms with E-state index in [9.17, 15) is 0 Å². The van der Waals surface area contributed by atoms with Crippen molar-refractivity contribution < 1.29 is 4.74 Å². The highest BCUT2D eigenvalue weighted by atomic mass is 16.5. The van der Waals surface area contributed by atoms with E-state index in [0.717, 1.165) is 45.3 Å². The van der Waals surface area contributed by atoms with E-state index in [4.69, 9.17) is 9.72 Å². The van der Waals surface area contributed by atoms with Crippen LogP contribution in [0.5, 0.6) is 5.75 Å². The van der Waals surface area contributed by atoms with Crippen LogP contribution in [0.3, 0.4) is 0 Å². The molecule has 0 N–H and O–H groups in total. The van der Waals surface area contributed by atoms with Gasteiger partial charge in [0.25, 0.3) is 0 Å². The van der Waals surface area contributed by atoms with Crippen molar-refractivity contribution in [3.63, 3.8) is 0 Å². The van der Waals surface area contributed by atoms with Crippen molar-refractivity contribution in [3.8, 4) is 34.0 Å². The molecule has 4 aromatic carbocycles. The van der Waals surface area contributed by atoms with Crippen LogP contribution in [0.1, 0.15) is 11.4 Å². The van der Waals surface area contributed by atoms with Gasteiger partial charge in [-0.15, -0.1) is 0 Å². The van der Waals surface area contributed by atoms with Crippen LogP contribution >= 0.6 is 0 Å². The van der Waals surface area contributed by atoms with Gasteiger partial charge in [-0.2, -0.15) is 0 Å². The first kappa shape index (κ1) is 20.5. The fourth-order valence-corrected chi connectivity index (χ4v) is 3.94. The van der Waals surface area contributed by atoms with Crippen molar-refractivity contribution >= 4 is 12.2 Å². The summed E-state index contributed by atoms with van der Waals surface area (Å²) in [6.45, 7) is 0. The Hall–Kier alpha value is -4.37. The average molecular weight is 429 g/mol. The summed E-state index contributed by atoms with van der Waals surface area (Å²) in [5.74, 6) is 1.69. The number of hydrogen-bond donors (Lipinski definition) is 0. The zero-order valence-corrected chi connectivity index (χ0v) is 18.4. The molecule has 0 amide bonds. The molecule has 160 valence electrons. The summed E-state index contributed by atoms with van der Waals surface area (Å²) in [5.41, 5.74) is 6.35. The van der Waals surface area contributed by atoms with E-state index in [1.165, 1.54) is 0 Å². The van der Waals surface area contributed by atoms with Gasteiger partial charge in [0.1, 0.15) is 11.6 Å². The smallest absolute Gasteiger partial charge is 0.138 e. The van der Waals surface area contributed by atoms with Crippen molar-refractivity contribution in [3.05, 3.63) is 127 Å². The van der Waals surface area contributed by atoms with Crippen molar-refractivity contribution in [1.29, 1.82) is 0 Å². The first-order valence-corrected chi connectivity index (χ1v) is 10.9. The highest BCUT2D eigenvalue weighted by Crippen LogP contribution is 2.36. The molecule has 0 saturated carbocycles. The Morgan fingerprint density at radius 3 is 1.82 bits per heavy atom. The van der Waals surface area contributed by atoms with E-state index in [0.29, 0.717) is 0 Å². The normalized spacial score (nSPS) is 11.1. The highest BCUT2D eigenvalue weighted by molar-refractivity contribution is 5.83. The third-order valence-corrected chi connectivity index (χ3v) is 5.55. The fraction of sp³-hybridized carbons (Fsp3) is 0.0333. The predicted octanol–water partition coefficient (Wildman–Crippen LogP) is 7.39. The topological polar surface area (TPSA) is 27.1 Å². The lowest BCUT2D eigenvalue weighted by molar-refractivity contribution is 0.415. The van der Waals surface area contributed by atoms with Crippen LogP contribution in [0, 0.1) is 0 Å². The standard InChI is InChI=1S/C30H24N2O/c1-33-27-20-18-26(19-21-27)32-28(22-17-23-11-5-2-6-12-23)31-29(24-13-7-3-8-14-24)30(32)25-15-9-4-10-16-25/h2-22H,1H3/b22-17+. The second-order valence-electron chi connectivity index (χ2n) is 7.68. The highest BCUT2D eigenvalue weighted by Gasteiger charge is 2.20. The van der Waals surface area contributed by atoms with Gasteiger partial charge in [0.15, 0.2) is 0 Å². The maximum absolute atomic E-state index is 5.39. The van der Waals surface area contributed by atoms with Gasteiger partial charge in [0.2, 0.25) is 0 Å². The molecule has 0 aliphatic rings. The van der Waals surface area contributed by atoms with E-state index in [-0.39, 0.29) is 0 Å². The molecule has 0 aliphatic heterocycles. The molecule has 1 aromatic heterocycles. The average Bonchev–Trinajstić information content (AvgIpc) is 3.29. The van der Waals surface area contributed by atoms with E-state index < -0.39 is 0 Å². The van der Waals surface area contributed by atoms with Crippen molar-refractivity contribution in [2.45, 2.75) is 0 Å². The molecule has 5 aromatic rings. The lowest BCUT2D eigenvalue weighted by Gasteiger charge is -2.13. The molecule has 0 aliphatic carbocycles. The van der Waals surface area contributed by atoms with Crippen molar-refractivity contribution in [2.24, 2.45) is 0 Å². The van der Waals surface area contributed by atoms with Gasteiger partial charge < -0.3 is 4.74 Å². The monoisotopic (exact) mass is 428 g/mol. The number of benzene rings is 4. The van der Waals surface area contributed by atoms with E-state index in [1.54, 1.807) is 7.11 Å². The van der Waals surface area contributed by atoms with Crippen LogP contribution in [0.25, 0.3) is 40.4 Å². The quantitative estimate of drug-likeness (QED) is 0.282. The molecule has 0 radical (unpaired) electrons. The van der Waals surface area contributed by atoms with Gasteiger partial charge in [0.05, 0.1) is 18.5 Å². The van der Waals surface area contributed by atoms with Crippen LogP contribution in [0.4, 0.5) is 0 Å². The van der Waals surface area contributed by atoms with Crippen LogP contribution in [-0.4, -0.2) is 16.7 Å². The maximum atomic E-state index is 5.39. The summed E-state index contributed by atoms with van der Waals surface area (Å²) in [5, 5.41) is 0. The summed E-state index contributed by atoms with van der Waals surface area (Å²) < 4.78 is 7.61. The van der Waals surface area contributed by atoms with Gasteiger partial charge in [0, 0.05) is 16.8 Å². The molecular formula is C30H24N2O. The molecule has 0 saturated heterocycles. The molecule has 0 atom stereocenters. The second kappa shape index (κ2) is 9.41. The largest absolute Gasteiger partial charge is 0.497 e. The molecule has 3 nitrogen and oxygen atoms in total. The molecule has 0 fully saturated rings. The summed E-state index contributed by atoms with van der Waals surface area (Å²) >= 11 is 0. The molecule has 5 rings (SSSR count). The number of ether oxygens (including phenoxy) is 1. The van der Waals surface area contributed by atoms with Gasteiger partial charge in [-0.3, -0.25) is 4.57 Å². The van der Waals surface area contributed by atoms with Crippen molar-refractivity contribution in [2.75, 3.05) is 7.11 Å². The molecule has 0 spiro atoms. The van der Waals surface area contributed by atoms with Gasteiger partial charge in [-0.05, 0) is 35.9 Å². The zero-order valence-electron chi connectivity index (χ0n) is 18.4. The molecule has 0 bridgehead atoms. The van der Waals surface area contributed by atoms with E-state index in [1.807, 2.05) is 42.5 Å². The lowest BCUT2D eigenvalue weighted by atomic mass is 10.0. The fourth-order valence-electron chi connectivity index (χ4n) is 3.94. The van der Waals surface area contributed by atoms with Gasteiger partial charge in [-0.1, -0.05) is 97.1 Å². The molecular weight excluding hydrogens is 404 g/mol. The second-order valence-corrected chi connectivity index (χ2v) is 7.68. The first-order chi connectivity index (χ1) is 16.3. The minimum absolute atomic E-state index is 0.824. The lowest BCUT2D eigenvalue weighted by Crippen LogP contribution is -2.00. The molecule has 0 unspecified atom stereocenters. The summed E-state index contributed by atoms with van der Waals surface area (Å²) in [6.07, 6.45) is 4.18. The van der Waals surface area contributed by atoms with Crippen LogP contribution < -0.4 is 4.74 Å². The Balaban J connectivity index is 1.77. The number of rotatable bonds is 6. The van der Waals surface area contributed by atoms with Gasteiger partial charge >= 0.3 is 0 Å². The number of hydrogen-bond acceptors (Lipinski definition) is 2. The van der Waals surface area contributed by atoms with Crippen LogP contribution in [0.15, 0.2) is 115 Å². The summed E-state index contributed by atoms with van der Waals surface area (Å²) in [4.78, 5) is 5.14. The summed E-state index contributed by atoms with van der Waals surface area (Å²) in [6, 6.07) is 39.2. The minimum atomic E-state index is 0.824. The van der Waals surface area contributed by atoms with Crippen LogP contribution in [-0.2, 0) is 0 Å². The number of imidazole rings is 1. The molecule has 3 heteroatoms. The van der Waals surface area contributed by atoms with E-state index >= 15 is 0 Å². The maximum Gasteiger partial charge on any atom is 0.138 e. The van der Waals surface area contributed by atoms with Gasteiger partial charge in [-0.25, -0.2) is 4.98 Å². The van der Waals surface area contributed by atoms with Crippen LogP contribution in [0.2, 0.25) is 0 Å². The third kappa shape index (κ3) is 4.35. The molecule has 33 heavy (non-hydrogen) atoms. The Bertz CT molecular complexity index is 1350. The SMILES string of the molecule is COc1ccc(-n2c(/C=C/c3ccccc3)nc(-c3ccccc3)c2-c2ccccc2)cc1. The first-order valence-electron chi connectivity index (χ1n) is 10.9.